The minimum Gasteiger partial charge on any atom is -0.507 e. The Morgan fingerprint density at radius 1 is 0.848 bits per heavy atom. The van der Waals surface area contributed by atoms with E-state index in [1.807, 2.05) is 0 Å². The van der Waals surface area contributed by atoms with Gasteiger partial charge < -0.3 is 29.9 Å². The maximum absolute atomic E-state index is 12.9. The zero-order valence-electron chi connectivity index (χ0n) is 16.1. The van der Waals surface area contributed by atoms with Crippen molar-refractivity contribution in [3.63, 3.8) is 0 Å². The van der Waals surface area contributed by atoms with Gasteiger partial charge in [0.2, 0.25) is 0 Å². The molecule has 11 heteroatoms. The van der Waals surface area contributed by atoms with Crippen LogP contribution in [0.2, 0.25) is 10.0 Å². The van der Waals surface area contributed by atoms with E-state index in [4.69, 9.17) is 32.7 Å². The Hall–Kier alpha value is -3.95. The van der Waals surface area contributed by atoms with Gasteiger partial charge in [0.1, 0.15) is 21.9 Å². The molecule has 0 aliphatic carbocycles. The number of ether oxygens (including phenoxy) is 2. The summed E-state index contributed by atoms with van der Waals surface area (Å²) < 4.78 is 11.5. The Bertz CT molecular complexity index is 1450. The molecule has 3 aromatic rings. The predicted molar refractivity (Wildman–Crippen MR) is 112 cm³/mol. The first-order valence-electron chi connectivity index (χ1n) is 9.19. The molecule has 0 saturated carbocycles. The van der Waals surface area contributed by atoms with Crippen LogP contribution in [0.1, 0.15) is 47.8 Å². The van der Waals surface area contributed by atoms with Crippen molar-refractivity contribution >= 4 is 41.1 Å². The van der Waals surface area contributed by atoms with Crippen LogP contribution in [0.15, 0.2) is 36.4 Å². The molecule has 0 bridgehead atoms. The van der Waals surface area contributed by atoms with Gasteiger partial charge in [-0.2, -0.15) is 0 Å². The predicted octanol–water partition coefficient (Wildman–Crippen LogP) is 4.37. The number of esters is 1. The fourth-order valence-corrected chi connectivity index (χ4v) is 4.77. The molecule has 0 radical (unpaired) electrons. The largest absolute Gasteiger partial charge is 0.507 e. The maximum Gasteiger partial charge on any atom is 0.343 e. The van der Waals surface area contributed by atoms with Crippen molar-refractivity contribution in [1.29, 1.82) is 0 Å². The number of aromatic carboxylic acids is 2. The van der Waals surface area contributed by atoms with Crippen LogP contribution in [0.5, 0.6) is 23.0 Å². The van der Waals surface area contributed by atoms with Crippen LogP contribution in [0.3, 0.4) is 0 Å². The number of hydrogen-bond donors (Lipinski definition) is 4. The Morgan fingerprint density at radius 2 is 1.52 bits per heavy atom. The van der Waals surface area contributed by atoms with Crippen molar-refractivity contribution < 1.29 is 44.3 Å². The monoisotopic (exact) mass is 488 g/mol. The molecule has 4 N–H and O–H groups in total. The maximum atomic E-state index is 12.9. The highest BCUT2D eigenvalue weighted by molar-refractivity contribution is 6.44. The summed E-state index contributed by atoms with van der Waals surface area (Å²) in [6.07, 6.45) is 0. The third-order valence-electron chi connectivity index (χ3n) is 5.58. The second-order valence-corrected chi connectivity index (χ2v) is 7.98. The fourth-order valence-electron chi connectivity index (χ4n) is 4.27. The molecule has 9 nitrogen and oxygen atoms in total. The fraction of sp³-hybridized carbons (Fsp3) is 0.0455. The summed E-state index contributed by atoms with van der Waals surface area (Å²) in [6.45, 7) is 0. The van der Waals surface area contributed by atoms with Gasteiger partial charge in [-0.25, -0.2) is 14.4 Å². The van der Waals surface area contributed by atoms with Gasteiger partial charge in [-0.15, -0.1) is 0 Å². The van der Waals surface area contributed by atoms with Gasteiger partial charge in [0.15, 0.2) is 22.8 Å². The average molecular weight is 489 g/mol. The first kappa shape index (κ1) is 20.9. The molecule has 1 unspecified atom stereocenters. The van der Waals surface area contributed by atoms with Crippen LogP contribution in [-0.4, -0.2) is 38.3 Å². The minimum absolute atomic E-state index is 0.0384. The zero-order chi connectivity index (χ0) is 23.8. The molecule has 0 aromatic heterocycles. The van der Waals surface area contributed by atoms with Gasteiger partial charge in [0.25, 0.3) is 0 Å². The third-order valence-corrected chi connectivity index (χ3v) is 6.42. The molecular weight excluding hydrogens is 479 g/mol. The van der Waals surface area contributed by atoms with Gasteiger partial charge in [-0.1, -0.05) is 41.4 Å². The lowest BCUT2D eigenvalue weighted by molar-refractivity contribution is 0.0223. The molecule has 2 aliphatic heterocycles. The van der Waals surface area contributed by atoms with Crippen LogP contribution in [0.25, 0.3) is 0 Å². The highest BCUT2D eigenvalue weighted by atomic mass is 35.5. The van der Waals surface area contributed by atoms with Crippen molar-refractivity contribution in [3.05, 3.63) is 79.8 Å². The number of phenols is 2. The number of carbonyl (C=O) groups excluding carboxylic acids is 1. The summed E-state index contributed by atoms with van der Waals surface area (Å²) in [6, 6.07) is 8.49. The molecule has 2 heterocycles. The van der Waals surface area contributed by atoms with Gasteiger partial charge in [0, 0.05) is 11.1 Å². The van der Waals surface area contributed by atoms with Gasteiger partial charge in [0.05, 0.1) is 16.1 Å². The molecule has 33 heavy (non-hydrogen) atoms. The lowest BCUT2D eigenvalue weighted by Gasteiger charge is -2.38. The van der Waals surface area contributed by atoms with E-state index in [-0.39, 0.29) is 27.3 Å². The minimum atomic E-state index is -1.98. The number of carboxylic acid groups (broad SMARTS) is 2. The van der Waals surface area contributed by atoms with Crippen LogP contribution in [0, 0.1) is 0 Å². The number of fused-ring (bicyclic) bond motifs is 6. The molecule has 3 aromatic carbocycles. The molecule has 0 saturated heterocycles. The van der Waals surface area contributed by atoms with E-state index in [1.165, 1.54) is 18.2 Å². The van der Waals surface area contributed by atoms with Gasteiger partial charge in [-0.05, 0) is 18.2 Å². The van der Waals surface area contributed by atoms with Crippen LogP contribution in [0.4, 0.5) is 0 Å². The molecular formula is C22H10Cl2O9. The topological polar surface area (TPSA) is 151 Å². The van der Waals surface area contributed by atoms with Crippen molar-refractivity contribution in [2.75, 3.05) is 0 Å². The van der Waals surface area contributed by atoms with Crippen molar-refractivity contribution in [1.82, 2.24) is 0 Å². The average Bonchev–Trinajstić information content (AvgIpc) is 3.04. The molecule has 166 valence electrons. The highest BCUT2D eigenvalue weighted by Gasteiger charge is 2.57. The Morgan fingerprint density at radius 3 is 2.18 bits per heavy atom. The van der Waals surface area contributed by atoms with E-state index in [2.05, 4.69) is 0 Å². The summed E-state index contributed by atoms with van der Waals surface area (Å²) >= 11 is 12.6. The number of rotatable bonds is 2. The van der Waals surface area contributed by atoms with E-state index in [0.29, 0.717) is 0 Å². The molecule has 1 spiro atoms. The van der Waals surface area contributed by atoms with Crippen molar-refractivity contribution in [3.8, 4) is 23.0 Å². The molecule has 0 amide bonds. The lowest BCUT2D eigenvalue weighted by Crippen LogP contribution is -2.35. The molecule has 1 atom stereocenters. The van der Waals surface area contributed by atoms with Crippen molar-refractivity contribution in [2.24, 2.45) is 0 Å². The Labute approximate surface area is 193 Å². The second kappa shape index (κ2) is 6.77. The number of carboxylic acids is 2. The zero-order valence-corrected chi connectivity index (χ0v) is 17.6. The summed E-state index contributed by atoms with van der Waals surface area (Å²) in [5, 5.41) is 39.2. The van der Waals surface area contributed by atoms with E-state index in [9.17, 15) is 34.8 Å². The molecule has 2 aliphatic rings. The van der Waals surface area contributed by atoms with Crippen molar-refractivity contribution in [2.45, 2.75) is 5.60 Å². The number of benzene rings is 3. The number of hydrogen-bond acceptors (Lipinski definition) is 7. The number of aromatic hydroxyl groups is 2. The quantitative estimate of drug-likeness (QED) is 0.385. The van der Waals surface area contributed by atoms with E-state index in [0.717, 1.165) is 6.07 Å². The van der Waals surface area contributed by atoms with Crippen LogP contribution in [-0.2, 0) is 10.3 Å². The van der Waals surface area contributed by atoms with E-state index < -0.39 is 62.7 Å². The van der Waals surface area contributed by atoms with Crippen LogP contribution < -0.4 is 4.74 Å². The molecule has 5 rings (SSSR count). The smallest absolute Gasteiger partial charge is 0.343 e. The van der Waals surface area contributed by atoms with Gasteiger partial charge in [-0.3, -0.25) is 0 Å². The lowest BCUT2D eigenvalue weighted by atomic mass is 9.76. The normalized spacial score (nSPS) is 17.6. The standard InChI is InChI=1S/C22H10Cl2O9/c23-14-13-18(12(20(29)30)16(26)15(14)24)32-17-9(5-6-10(25)11(17)19(27)28)22(13)8-4-2-1-3-7(8)21(31)33-22/h1-6,25-26H,(H,27,28)(H,29,30). The van der Waals surface area contributed by atoms with E-state index >= 15 is 0 Å². The molecule has 0 fully saturated rings. The number of carbonyl (C=O) groups is 3. The van der Waals surface area contributed by atoms with Crippen LogP contribution >= 0.6 is 23.2 Å². The summed E-state index contributed by atoms with van der Waals surface area (Å²) in [5.74, 6) is -6.75. The van der Waals surface area contributed by atoms with Gasteiger partial charge >= 0.3 is 17.9 Å². The summed E-state index contributed by atoms with van der Waals surface area (Å²) in [4.78, 5) is 36.9. The van der Waals surface area contributed by atoms with E-state index in [1.54, 1.807) is 12.1 Å². The highest BCUT2D eigenvalue weighted by Crippen LogP contribution is 2.62. The third kappa shape index (κ3) is 2.51. The first-order chi connectivity index (χ1) is 15.6. The Kier molecular flexibility index (Phi) is 4.29. The summed E-state index contributed by atoms with van der Waals surface area (Å²) in [5.41, 5.74) is -3.45. The first-order valence-corrected chi connectivity index (χ1v) is 9.95. The second-order valence-electron chi connectivity index (χ2n) is 7.22. The summed E-state index contributed by atoms with van der Waals surface area (Å²) in [7, 11) is 0. The SMILES string of the molecule is O=C1OC2(c3ccccc31)c1ccc(O)c(C(=O)O)c1Oc1c(C(=O)O)c(O)c(Cl)c(Cl)c12. The number of halogens is 2. The Balaban J connectivity index is 2.05.